The van der Waals surface area contributed by atoms with Gasteiger partial charge in [-0.2, -0.15) is 0 Å². The highest BCUT2D eigenvalue weighted by Crippen LogP contribution is 2.19. The van der Waals surface area contributed by atoms with Crippen molar-refractivity contribution in [1.29, 1.82) is 0 Å². The number of rotatable bonds is 62. The van der Waals surface area contributed by atoms with E-state index in [4.69, 9.17) is 4.74 Å². The van der Waals surface area contributed by atoms with Crippen molar-refractivity contribution in [2.75, 3.05) is 13.2 Å². The van der Waals surface area contributed by atoms with E-state index in [1.807, 2.05) is 0 Å². The molecule has 3 N–H and O–H groups in total. The van der Waals surface area contributed by atoms with Gasteiger partial charge in [0.1, 0.15) is 0 Å². The second-order valence-corrected chi connectivity index (χ2v) is 22.8. The van der Waals surface area contributed by atoms with Crippen LogP contribution in [-0.2, 0) is 14.3 Å². The summed E-state index contributed by atoms with van der Waals surface area (Å²) in [5, 5.41) is 23.2. The highest BCUT2D eigenvalue weighted by Gasteiger charge is 2.20. The van der Waals surface area contributed by atoms with Crippen LogP contribution in [0.4, 0.5) is 0 Å². The number of aliphatic hydroxyl groups is 2. The Kier molecular flexibility index (Phi) is 60.4. The molecule has 0 saturated heterocycles. The Labute approximate surface area is 445 Å². The van der Waals surface area contributed by atoms with Gasteiger partial charge < -0.3 is 20.3 Å². The smallest absolute Gasteiger partial charge is 0.305 e. The molecule has 6 nitrogen and oxygen atoms in total. The maximum atomic E-state index is 12.5. The summed E-state index contributed by atoms with van der Waals surface area (Å²) in [6, 6.07) is -0.535. The zero-order valence-corrected chi connectivity index (χ0v) is 48.5. The van der Waals surface area contributed by atoms with Gasteiger partial charge in [-0.1, -0.05) is 341 Å². The van der Waals surface area contributed by atoms with Gasteiger partial charge in [-0.3, -0.25) is 9.59 Å². The van der Waals surface area contributed by atoms with Gasteiger partial charge in [0.15, 0.2) is 0 Å². The van der Waals surface area contributed by atoms with Crippen LogP contribution in [0.3, 0.4) is 0 Å². The molecule has 1 amide bonds. The molecule has 0 saturated carbocycles. The molecule has 0 radical (unpaired) electrons. The number of esters is 1. The van der Waals surface area contributed by atoms with Gasteiger partial charge in [-0.05, 0) is 25.7 Å². The molecular formula is C65H129NO5. The molecule has 0 aromatic heterocycles. The van der Waals surface area contributed by atoms with E-state index < -0.39 is 12.1 Å². The number of aliphatic hydroxyl groups excluding tert-OH is 2. The molecule has 0 bridgehead atoms. The first kappa shape index (κ1) is 69.9. The first-order chi connectivity index (χ1) is 35.0. The number of hydrogen-bond donors (Lipinski definition) is 3. The second-order valence-electron chi connectivity index (χ2n) is 22.8. The minimum atomic E-state index is -0.659. The quantitative estimate of drug-likeness (QED) is 0.0417. The molecule has 0 aliphatic rings. The molecule has 2 unspecified atom stereocenters. The number of ether oxygens (including phenoxy) is 1. The lowest BCUT2D eigenvalue weighted by Gasteiger charge is -2.22. The van der Waals surface area contributed by atoms with Gasteiger partial charge in [0.2, 0.25) is 5.91 Å². The maximum absolute atomic E-state index is 12.5. The van der Waals surface area contributed by atoms with E-state index in [-0.39, 0.29) is 18.5 Å². The summed E-state index contributed by atoms with van der Waals surface area (Å²) in [5.41, 5.74) is 0. The zero-order chi connectivity index (χ0) is 51.4. The number of carbonyl (C=O) groups is 2. The van der Waals surface area contributed by atoms with Crippen LogP contribution in [0, 0.1) is 0 Å². The van der Waals surface area contributed by atoms with E-state index in [0.29, 0.717) is 25.9 Å². The molecule has 424 valence electrons. The number of unbranched alkanes of at least 4 members (excludes halogenated alkanes) is 51. The molecule has 0 aromatic carbocycles. The monoisotopic (exact) mass is 1000 g/mol. The SMILES string of the molecule is CCCCCCCCCCCCCCC(O)C(CO)NC(=O)CCCCCCCCCCCCCCCCCCCCCCCCCCCCCCCCCOC(=O)CCCCCCCCCCCCC. The lowest BCUT2D eigenvalue weighted by Crippen LogP contribution is -2.45. The summed E-state index contributed by atoms with van der Waals surface area (Å²) in [5.74, 6) is -0.00765. The van der Waals surface area contributed by atoms with E-state index in [2.05, 4.69) is 19.2 Å². The molecule has 0 aliphatic carbocycles. The van der Waals surface area contributed by atoms with Crippen molar-refractivity contribution in [3.63, 3.8) is 0 Å². The summed E-state index contributed by atoms with van der Waals surface area (Å²) in [6.07, 6.45) is 72.9. The Morgan fingerprint density at radius 3 is 0.859 bits per heavy atom. The molecule has 0 rings (SSSR count). The summed E-state index contributed by atoms with van der Waals surface area (Å²) in [4.78, 5) is 24.5. The van der Waals surface area contributed by atoms with Crippen molar-refractivity contribution >= 4 is 11.9 Å². The van der Waals surface area contributed by atoms with Crippen LogP contribution in [0.2, 0.25) is 0 Å². The lowest BCUT2D eigenvalue weighted by atomic mass is 10.0. The molecule has 0 aromatic rings. The predicted molar refractivity (Wildman–Crippen MR) is 310 cm³/mol. The van der Waals surface area contributed by atoms with Gasteiger partial charge >= 0.3 is 5.97 Å². The Balaban J connectivity index is 3.30. The van der Waals surface area contributed by atoms with Crippen molar-refractivity contribution < 1.29 is 24.5 Å². The van der Waals surface area contributed by atoms with Crippen molar-refractivity contribution in [2.45, 2.75) is 392 Å². The zero-order valence-electron chi connectivity index (χ0n) is 48.5. The third-order valence-electron chi connectivity index (χ3n) is 15.7. The van der Waals surface area contributed by atoms with Gasteiger partial charge in [-0.15, -0.1) is 0 Å². The number of carbonyl (C=O) groups excluding carboxylic acids is 2. The Morgan fingerprint density at radius 2 is 0.577 bits per heavy atom. The van der Waals surface area contributed by atoms with Gasteiger partial charge in [-0.25, -0.2) is 0 Å². The summed E-state index contributed by atoms with van der Waals surface area (Å²) in [6.45, 7) is 4.98. The van der Waals surface area contributed by atoms with E-state index >= 15 is 0 Å². The third kappa shape index (κ3) is 58.0. The number of amides is 1. The average molecular weight is 1000 g/mol. The van der Waals surface area contributed by atoms with Crippen LogP contribution in [0.15, 0.2) is 0 Å². The first-order valence-corrected chi connectivity index (χ1v) is 32.8. The van der Waals surface area contributed by atoms with Gasteiger partial charge in [0, 0.05) is 12.8 Å². The fourth-order valence-corrected chi connectivity index (χ4v) is 10.6. The highest BCUT2D eigenvalue weighted by atomic mass is 16.5. The molecule has 0 fully saturated rings. The van der Waals surface area contributed by atoms with Crippen molar-refractivity contribution in [1.82, 2.24) is 5.32 Å². The first-order valence-electron chi connectivity index (χ1n) is 32.8. The fraction of sp³-hybridized carbons (Fsp3) is 0.969. The van der Waals surface area contributed by atoms with Crippen molar-refractivity contribution in [2.24, 2.45) is 0 Å². The van der Waals surface area contributed by atoms with Gasteiger partial charge in [0.25, 0.3) is 0 Å². The highest BCUT2D eigenvalue weighted by molar-refractivity contribution is 5.76. The van der Waals surface area contributed by atoms with Crippen LogP contribution >= 0.6 is 0 Å². The van der Waals surface area contributed by atoms with E-state index in [1.165, 1.54) is 308 Å². The molecular weight excluding hydrogens is 875 g/mol. The van der Waals surface area contributed by atoms with E-state index in [1.54, 1.807) is 0 Å². The Bertz CT molecular complexity index is 1020. The van der Waals surface area contributed by atoms with Gasteiger partial charge in [0.05, 0.1) is 25.4 Å². The standard InChI is InChI=1S/C65H129NO5/c1-3-5-7-9-11-13-15-38-41-45-49-53-57-63(68)62(61-67)66-64(69)58-54-50-46-42-39-35-33-31-29-27-25-23-21-19-17-16-18-20-22-24-26-28-30-32-34-36-40-44-48-52-56-60-71-65(70)59-55-51-47-43-37-14-12-10-8-6-4-2/h62-63,67-68H,3-61H2,1-2H3,(H,66,69). The topological polar surface area (TPSA) is 95.9 Å². The molecule has 0 heterocycles. The van der Waals surface area contributed by atoms with Crippen molar-refractivity contribution in [3.8, 4) is 0 Å². The minimum absolute atomic E-state index is 0.0211. The normalized spacial score (nSPS) is 12.5. The molecule has 71 heavy (non-hydrogen) atoms. The maximum Gasteiger partial charge on any atom is 0.305 e. The Morgan fingerprint density at radius 1 is 0.338 bits per heavy atom. The fourth-order valence-electron chi connectivity index (χ4n) is 10.6. The lowest BCUT2D eigenvalue weighted by molar-refractivity contribution is -0.143. The number of nitrogens with one attached hydrogen (secondary N) is 1. The van der Waals surface area contributed by atoms with Crippen LogP contribution in [0.1, 0.15) is 380 Å². The summed E-state index contributed by atoms with van der Waals surface area (Å²) < 4.78 is 5.47. The molecule has 0 aliphatic heterocycles. The largest absolute Gasteiger partial charge is 0.466 e. The third-order valence-corrected chi connectivity index (χ3v) is 15.7. The molecule has 0 spiro atoms. The van der Waals surface area contributed by atoms with Crippen LogP contribution < -0.4 is 5.32 Å². The van der Waals surface area contributed by atoms with Crippen LogP contribution in [0.5, 0.6) is 0 Å². The minimum Gasteiger partial charge on any atom is -0.466 e. The van der Waals surface area contributed by atoms with Crippen LogP contribution in [0.25, 0.3) is 0 Å². The van der Waals surface area contributed by atoms with E-state index in [9.17, 15) is 19.8 Å². The van der Waals surface area contributed by atoms with Crippen molar-refractivity contribution in [3.05, 3.63) is 0 Å². The Hall–Kier alpha value is -1.14. The number of hydrogen-bond acceptors (Lipinski definition) is 5. The summed E-state index contributed by atoms with van der Waals surface area (Å²) in [7, 11) is 0. The molecule has 6 heteroatoms. The van der Waals surface area contributed by atoms with E-state index in [0.717, 1.165) is 38.5 Å². The predicted octanol–water partition coefficient (Wildman–Crippen LogP) is 20.6. The summed E-state index contributed by atoms with van der Waals surface area (Å²) >= 11 is 0. The average Bonchev–Trinajstić information content (AvgIpc) is 3.37. The second kappa shape index (κ2) is 61.4. The van der Waals surface area contributed by atoms with Crippen LogP contribution in [-0.4, -0.2) is 47.4 Å². The molecule has 2 atom stereocenters.